The third-order valence-electron chi connectivity index (χ3n) is 2.59. The Kier molecular flexibility index (Phi) is 3.60. The Bertz CT molecular complexity index is 549. The van der Waals surface area contributed by atoms with Gasteiger partial charge in [0.2, 0.25) is 0 Å². The summed E-state index contributed by atoms with van der Waals surface area (Å²) in [4.78, 5) is 12.0. The maximum Gasteiger partial charge on any atom is 0.255 e. The summed E-state index contributed by atoms with van der Waals surface area (Å²) in [5.74, 6) is 5.13. The molecular formula is C14H15N3O. The van der Waals surface area contributed by atoms with Gasteiger partial charge in [-0.15, -0.1) is 0 Å². The maximum atomic E-state index is 12.0. The molecule has 0 aliphatic carbocycles. The van der Waals surface area contributed by atoms with Crippen LogP contribution in [0.1, 0.15) is 15.9 Å². The number of nitrogen functional groups attached to an aromatic ring is 1. The summed E-state index contributed by atoms with van der Waals surface area (Å²) in [6.07, 6.45) is 0. The standard InChI is InChI=1S/C14H15N3O/c1-10-3-2-4-13(9-10)16-14(18)11-5-7-12(17-15)8-6-11/h2-9,17H,15H2,1H3,(H,16,18). The highest BCUT2D eigenvalue weighted by Crippen LogP contribution is 2.13. The molecule has 4 nitrogen and oxygen atoms in total. The zero-order valence-corrected chi connectivity index (χ0v) is 10.1. The van der Waals surface area contributed by atoms with Crippen LogP contribution in [0, 0.1) is 6.92 Å². The highest BCUT2D eigenvalue weighted by atomic mass is 16.1. The molecule has 0 atom stereocenters. The fourth-order valence-electron chi connectivity index (χ4n) is 1.64. The molecule has 0 aliphatic heterocycles. The average molecular weight is 241 g/mol. The van der Waals surface area contributed by atoms with Crippen molar-refractivity contribution in [2.24, 2.45) is 5.84 Å². The largest absolute Gasteiger partial charge is 0.324 e. The van der Waals surface area contributed by atoms with Gasteiger partial charge in [0, 0.05) is 16.9 Å². The molecule has 2 rings (SSSR count). The van der Waals surface area contributed by atoms with Crippen LogP contribution in [0.5, 0.6) is 0 Å². The van der Waals surface area contributed by atoms with Crippen LogP contribution in [-0.4, -0.2) is 5.91 Å². The molecule has 0 spiro atoms. The predicted molar refractivity (Wildman–Crippen MR) is 73.4 cm³/mol. The topological polar surface area (TPSA) is 67.2 Å². The van der Waals surface area contributed by atoms with Crippen LogP contribution in [0.4, 0.5) is 11.4 Å². The maximum absolute atomic E-state index is 12.0. The predicted octanol–water partition coefficient (Wildman–Crippen LogP) is 2.53. The van der Waals surface area contributed by atoms with Crippen molar-refractivity contribution in [3.8, 4) is 0 Å². The minimum absolute atomic E-state index is 0.135. The molecule has 0 fully saturated rings. The number of hydrogen-bond acceptors (Lipinski definition) is 3. The molecule has 4 N–H and O–H groups in total. The first-order chi connectivity index (χ1) is 8.69. The van der Waals surface area contributed by atoms with Gasteiger partial charge < -0.3 is 10.7 Å². The van der Waals surface area contributed by atoms with E-state index in [1.54, 1.807) is 24.3 Å². The molecule has 1 amide bonds. The number of rotatable bonds is 3. The minimum Gasteiger partial charge on any atom is -0.324 e. The Balaban J connectivity index is 2.11. The highest BCUT2D eigenvalue weighted by Gasteiger charge is 2.05. The van der Waals surface area contributed by atoms with Gasteiger partial charge in [-0.25, -0.2) is 0 Å². The number of nitrogens with one attached hydrogen (secondary N) is 2. The van der Waals surface area contributed by atoms with Gasteiger partial charge in [-0.3, -0.25) is 10.6 Å². The second-order valence-electron chi connectivity index (χ2n) is 4.05. The third kappa shape index (κ3) is 2.87. The Morgan fingerprint density at radius 2 is 1.78 bits per heavy atom. The van der Waals surface area contributed by atoms with Crippen molar-refractivity contribution >= 4 is 17.3 Å². The molecule has 2 aromatic rings. The zero-order valence-electron chi connectivity index (χ0n) is 10.1. The van der Waals surface area contributed by atoms with Gasteiger partial charge in [0.25, 0.3) is 5.91 Å². The van der Waals surface area contributed by atoms with E-state index in [1.807, 2.05) is 31.2 Å². The lowest BCUT2D eigenvalue weighted by molar-refractivity contribution is 0.102. The van der Waals surface area contributed by atoms with Crippen LogP contribution in [0.3, 0.4) is 0 Å². The molecule has 0 unspecified atom stereocenters. The van der Waals surface area contributed by atoms with Gasteiger partial charge in [-0.1, -0.05) is 12.1 Å². The van der Waals surface area contributed by atoms with Crippen molar-refractivity contribution in [3.05, 3.63) is 59.7 Å². The number of aryl methyl sites for hydroxylation is 1. The molecule has 0 radical (unpaired) electrons. The second-order valence-corrected chi connectivity index (χ2v) is 4.05. The lowest BCUT2D eigenvalue weighted by atomic mass is 10.1. The molecule has 92 valence electrons. The molecule has 18 heavy (non-hydrogen) atoms. The molecule has 0 heterocycles. The first-order valence-corrected chi connectivity index (χ1v) is 5.64. The van der Waals surface area contributed by atoms with Gasteiger partial charge in [-0.2, -0.15) is 0 Å². The highest BCUT2D eigenvalue weighted by molar-refractivity contribution is 6.04. The fraction of sp³-hybridized carbons (Fsp3) is 0.0714. The van der Waals surface area contributed by atoms with E-state index in [1.165, 1.54) is 0 Å². The normalized spacial score (nSPS) is 9.89. The molecule has 2 aromatic carbocycles. The number of nitrogens with two attached hydrogens (primary N) is 1. The fourth-order valence-corrected chi connectivity index (χ4v) is 1.64. The van der Waals surface area contributed by atoms with E-state index < -0.39 is 0 Å². The molecule has 0 saturated heterocycles. The van der Waals surface area contributed by atoms with E-state index in [2.05, 4.69) is 10.7 Å². The summed E-state index contributed by atoms with van der Waals surface area (Å²) in [5.41, 5.74) is 5.78. The van der Waals surface area contributed by atoms with Crippen LogP contribution < -0.4 is 16.6 Å². The summed E-state index contributed by atoms with van der Waals surface area (Å²) in [5, 5.41) is 2.85. The number of carbonyl (C=O) groups is 1. The van der Waals surface area contributed by atoms with E-state index in [0.717, 1.165) is 16.9 Å². The van der Waals surface area contributed by atoms with E-state index in [9.17, 15) is 4.79 Å². The average Bonchev–Trinajstić information content (AvgIpc) is 2.39. The summed E-state index contributed by atoms with van der Waals surface area (Å²) in [7, 11) is 0. The van der Waals surface area contributed by atoms with Crippen LogP contribution in [0.15, 0.2) is 48.5 Å². The number of hydrazine groups is 1. The third-order valence-corrected chi connectivity index (χ3v) is 2.59. The molecule has 0 saturated carbocycles. The summed E-state index contributed by atoms with van der Waals surface area (Å²) >= 11 is 0. The van der Waals surface area contributed by atoms with Crippen LogP contribution in [-0.2, 0) is 0 Å². The number of anilines is 2. The monoisotopic (exact) mass is 241 g/mol. The van der Waals surface area contributed by atoms with Crippen molar-refractivity contribution in [1.82, 2.24) is 0 Å². The van der Waals surface area contributed by atoms with E-state index >= 15 is 0 Å². The summed E-state index contributed by atoms with van der Waals surface area (Å²) in [6.45, 7) is 1.98. The van der Waals surface area contributed by atoms with Gasteiger partial charge >= 0.3 is 0 Å². The van der Waals surface area contributed by atoms with Crippen LogP contribution >= 0.6 is 0 Å². The Hall–Kier alpha value is -2.33. The zero-order chi connectivity index (χ0) is 13.0. The summed E-state index contributed by atoms with van der Waals surface area (Å²) in [6, 6.07) is 14.6. The van der Waals surface area contributed by atoms with Gasteiger partial charge in [0.1, 0.15) is 0 Å². The number of benzene rings is 2. The van der Waals surface area contributed by atoms with Crippen molar-refractivity contribution in [2.75, 3.05) is 10.7 Å². The Labute approximate surface area is 106 Å². The minimum atomic E-state index is -0.135. The van der Waals surface area contributed by atoms with Gasteiger partial charge in [0.05, 0.1) is 0 Å². The molecule has 0 aromatic heterocycles. The van der Waals surface area contributed by atoms with Gasteiger partial charge in [0.15, 0.2) is 0 Å². The van der Waals surface area contributed by atoms with Crippen LogP contribution in [0.2, 0.25) is 0 Å². The van der Waals surface area contributed by atoms with Crippen molar-refractivity contribution in [3.63, 3.8) is 0 Å². The van der Waals surface area contributed by atoms with E-state index in [-0.39, 0.29) is 5.91 Å². The first-order valence-electron chi connectivity index (χ1n) is 5.64. The number of amides is 1. The lowest BCUT2D eigenvalue weighted by Crippen LogP contribution is -2.12. The van der Waals surface area contributed by atoms with E-state index in [0.29, 0.717) is 5.56 Å². The van der Waals surface area contributed by atoms with Crippen molar-refractivity contribution in [2.45, 2.75) is 6.92 Å². The second kappa shape index (κ2) is 5.33. The van der Waals surface area contributed by atoms with Crippen LogP contribution in [0.25, 0.3) is 0 Å². The molecule has 4 heteroatoms. The van der Waals surface area contributed by atoms with Crippen molar-refractivity contribution < 1.29 is 4.79 Å². The van der Waals surface area contributed by atoms with Gasteiger partial charge in [-0.05, 0) is 48.9 Å². The molecule has 0 bridgehead atoms. The Morgan fingerprint density at radius 1 is 1.06 bits per heavy atom. The number of carbonyl (C=O) groups excluding carboxylic acids is 1. The lowest BCUT2D eigenvalue weighted by Gasteiger charge is -2.06. The number of hydrogen-bond donors (Lipinski definition) is 3. The smallest absolute Gasteiger partial charge is 0.255 e. The first kappa shape index (κ1) is 12.1. The SMILES string of the molecule is Cc1cccc(NC(=O)c2ccc(NN)cc2)c1. The van der Waals surface area contributed by atoms with Crippen molar-refractivity contribution in [1.29, 1.82) is 0 Å². The Morgan fingerprint density at radius 3 is 2.39 bits per heavy atom. The molecular weight excluding hydrogens is 226 g/mol. The summed E-state index contributed by atoms with van der Waals surface area (Å²) < 4.78 is 0. The quantitative estimate of drug-likeness (QED) is 0.571. The van der Waals surface area contributed by atoms with E-state index in [4.69, 9.17) is 5.84 Å². The molecule has 0 aliphatic rings.